The molecule has 0 aliphatic carbocycles. The van der Waals surface area contributed by atoms with Gasteiger partial charge in [-0.05, 0) is 63.4 Å². The third kappa shape index (κ3) is 6.94. The molecule has 0 saturated carbocycles. The van der Waals surface area contributed by atoms with Crippen LogP contribution >= 0.6 is 0 Å². The number of hydrogen-bond acceptors (Lipinski definition) is 7. The summed E-state index contributed by atoms with van der Waals surface area (Å²) in [6, 6.07) is 9.37. The molecule has 200 valence electrons. The molecule has 5 N–H and O–H groups in total. The maximum atomic E-state index is 12.7. The van der Waals surface area contributed by atoms with E-state index in [1.807, 2.05) is 24.3 Å². The summed E-state index contributed by atoms with van der Waals surface area (Å²) in [5.74, 6) is 0.0433. The highest BCUT2D eigenvalue weighted by Crippen LogP contribution is 2.14. The normalized spacial score (nSPS) is 19.1. The zero-order chi connectivity index (χ0) is 26.6. The summed E-state index contributed by atoms with van der Waals surface area (Å²) in [5, 5.41) is 2.69. The molecule has 11 heteroatoms. The number of hydrogen-bond donors (Lipinski definition) is 3. The van der Waals surface area contributed by atoms with Crippen molar-refractivity contribution in [3.63, 3.8) is 0 Å². The third-order valence-corrected chi connectivity index (χ3v) is 6.92. The van der Waals surface area contributed by atoms with Gasteiger partial charge in [0, 0.05) is 51.5 Å². The van der Waals surface area contributed by atoms with Crippen LogP contribution in [0.1, 0.15) is 32.3 Å². The number of aromatic nitrogens is 2. The first-order chi connectivity index (χ1) is 17.6. The summed E-state index contributed by atoms with van der Waals surface area (Å²) in [4.78, 5) is 47.4. The first-order valence-electron chi connectivity index (χ1n) is 12.9. The number of urea groups is 1. The van der Waals surface area contributed by atoms with Crippen LogP contribution in [-0.4, -0.2) is 93.6 Å². The van der Waals surface area contributed by atoms with E-state index in [1.54, 1.807) is 35.9 Å². The molecular weight excluding hydrogens is 472 g/mol. The molecule has 1 aromatic heterocycles. The molecule has 37 heavy (non-hydrogen) atoms. The van der Waals surface area contributed by atoms with E-state index >= 15 is 0 Å². The maximum Gasteiger partial charge on any atom is 0.354 e. The molecule has 0 radical (unpaired) electrons. The predicted molar refractivity (Wildman–Crippen MR) is 143 cm³/mol. The highest BCUT2D eigenvalue weighted by molar-refractivity contribution is 5.89. The number of nitrogens with zero attached hydrogens (tertiary/aromatic N) is 5. The lowest BCUT2D eigenvalue weighted by atomic mass is 10.1. The van der Waals surface area contributed by atoms with E-state index < -0.39 is 11.2 Å². The fraction of sp³-hybridized carbons (Fsp3) is 0.538. The molecule has 0 spiro atoms. The lowest BCUT2D eigenvalue weighted by molar-refractivity contribution is -0.137. The average Bonchev–Trinajstić information content (AvgIpc) is 2.87. The van der Waals surface area contributed by atoms with E-state index in [9.17, 15) is 14.4 Å². The molecule has 4 rings (SSSR count). The Hall–Kier alpha value is -3.28. The van der Waals surface area contributed by atoms with Gasteiger partial charge in [0.05, 0.1) is 11.2 Å². The van der Waals surface area contributed by atoms with Gasteiger partial charge >= 0.3 is 11.7 Å². The Bertz CT molecular complexity index is 1150. The fourth-order valence-corrected chi connectivity index (χ4v) is 4.78. The van der Waals surface area contributed by atoms with Crippen LogP contribution in [0.2, 0.25) is 0 Å². The van der Waals surface area contributed by atoms with E-state index in [0.29, 0.717) is 31.9 Å². The van der Waals surface area contributed by atoms with Crippen molar-refractivity contribution < 1.29 is 9.59 Å². The number of nitrogens with one attached hydrogen (secondary N) is 1. The van der Waals surface area contributed by atoms with Crippen LogP contribution in [0.3, 0.4) is 0 Å². The van der Waals surface area contributed by atoms with Gasteiger partial charge in [-0.1, -0.05) is 12.1 Å². The summed E-state index contributed by atoms with van der Waals surface area (Å²) in [6.07, 6.45) is 4.79. The lowest BCUT2D eigenvalue weighted by Gasteiger charge is -2.37. The van der Waals surface area contributed by atoms with Gasteiger partial charge in [0.25, 0.3) is 0 Å². The minimum atomic E-state index is -0.944. The number of anilines is 1. The Kier molecular flexibility index (Phi) is 8.25. The van der Waals surface area contributed by atoms with Crippen LogP contribution in [0.15, 0.2) is 41.3 Å². The van der Waals surface area contributed by atoms with E-state index in [2.05, 4.69) is 15.2 Å². The second-order valence-corrected chi connectivity index (χ2v) is 10.5. The zero-order valence-electron chi connectivity index (χ0n) is 21.7. The van der Waals surface area contributed by atoms with Crippen molar-refractivity contribution in [3.8, 4) is 5.69 Å². The second-order valence-electron chi connectivity index (χ2n) is 10.5. The lowest BCUT2D eigenvalue weighted by Crippen LogP contribution is -2.58. The maximum absolute atomic E-state index is 12.7. The number of amides is 3. The Balaban J connectivity index is 1.30. The number of carbonyl (C=O) groups is 2. The third-order valence-electron chi connectivity index (χ3n) is 6.92. The minimum absolute atomic E-state index is 0.141. The van der Waals surface area contributed by atoms with Crippen molar-refractivity contribution in [3.05, 3.63) is 52.6 Å². The molecule has 3 heterocycles. The second kappa shape index (κ2) is 11.4. The number of nitrogens with two attached hydrogens (primary N) is 2. The zero-order valence-corrected chi connectivity index (χ0v) is 21.7. The number of carbonyl (C=O) groups excluding carboxylic acids is 2. The van der Waals surface area contributed by atoms with E-state index in [4.69, 9.17) is 11.5 Å². The van der Waals surface area contributed by atoms with Crippen LogP contribution in [-0.2, 0) is 11.2 Å². The Morgan fingerprint density at radius 2 is 1.73 bits per heavy atom. The van der Waals surface area contributed by atoms with Crippen molar-refractivity contribution in [2.24, 2.45) is 11.5 Å². The van der Waals surface area contributed by atoms with E-state index in [-0.39, 0.29) is 23.8 Å². The standard InChI is InChI=1S/C26H38N8O3/c1-26(2,28)23(35)32-14-16-33(17-15-32)24(36)29-22-10-13-34(25(37)30-22)21-7-5-19(6-8-21)9-12-31-11-3-4-20(27)18-31/h5-8,10,13,20H,3-4,9,11-12,14-18,27-28H2,1-2H3,(H,29,30,36,37)/t20-/m0/s1. The van der Waals surface area contributed by atoms with Gasteiger partial charge in [0.1, 0.15) is 5.82 Å². The van der Waals surface area contributed by atoms with E-state index in [0.717, 1.165) is 38.9 Å². The Morgan fingerprint density at radius 1 is 1.05 bits per heavy atom. The molecule has 2 aliphatic heterocycles. The molecule has 2 fully saturated rings. The average molecular weight is 511 g/mol. The van der Waals surface area contributed by atoms with Crippen molar-refractivity contribution >= 4 is 17.8 Å². The summed E-state index contributed by atoms with van der Waals surface area (Å²) in [5.41, 5.74) is 12.5. The first kappa shape index (κ1) is 26.8. The summed E-state index contributed by atoms with van der Waals surface area (Å²) < 4.78 is 1.45. The molecule has 0 unspecified atom stereocenters. The number of benzene rings is 1. The van der Waals surface area contributed by atoms with Crippen LogP contribution in [0.25, 0.3) is 5.69 Å². The molecule has 11 nitrogen and oxygen atoms in total. The summed E-state index contributed by atoms with van der Waals surface area (Å²) in [6.45, 7) is 7.92. The quantitative estimate of drug-likeness (QED) is 0.517. The molecule has 2 aromatic rings. The molecule has 2 aliphatic rings. The molecule has 1 atom stereocenters. The van der Waals surface area contributed by atoms with Crippen molar-refractivity contribution in [1.82, 2.24) is 24.3 Å². The summed E-state index contributed by atoms with van der Waals surface area (Å²) in [7, 11) is 0. The van der Waals surface area contributed by atoms with Gasteiger partial charge in [-0.2, -0.15) is 4.98 Å². The number of piperazine rings is 1. The highest BCUT2D eigenvalue weighted by atomic mass is 16.2. The van der Waals surface area contributed by atoms with Crippen molar-refractivity contribution in [2.75, 3.05) is 51.1 Å². The number of rotatable bonds is 6. The molecular formula is C26H38N8O3. The fourth-order valence-electron chi connectivity index (χ4n) is 4.78. The van der Waals surface area contributed by atoms with Crippen LogP contribution in [0.4, 0.5) is 10.6 Å². The minimum Gasteiger partial charge on any atom is -0.338 e. The van der Waals surface area contributed by atoms with Gasteiger partial charge in [-0.25, -0.2) is 9.59 Å². The van der Waals surface area contributed by atoms with Gasteiger partial charge in [0.15, 0.2) is 0 Å². The Morgan fingerprint density at radius 3 is 2.35 bits per heavy atom. The largest absolute Gasteiger partial charge is 0.354 e. The summed E-state index contributed by atoms with van der Waals surface area (Å²) >= 11 is 0. The molecule has 2 saturated heterocycles. The van der Waals surface area contributed by atoms with Crippen molar-refractivity contribution in [2.45, 2.75) is 44.7 Å². The molecule has 3 amide bonds. The monoisotopic (exact) mass is 510 g/mol. The Labute approximate surface area is 217 Å². The topological polar surface area (TPSA) is 143 Å². The van der Waals surface area contributed by atoms with Gasteiger partial charge < -0.3 is 26.2 Å². The van der Waals surface area contributed by atoms with Crippen molar-refractivity contribution in [1.29, 1.82) is 0 Å². The highest BCUT2D eigenvalue weighted by Gasteiger charge is 2.31. The van der Waals surface area contributed by atoms with Gasteiger partial charge in [-0.3, -0.25) is 14.7 Å². The predicted octanol–water partition coefficient (Wildman–Crippen LogP) is 0.612. The van der Waals surface area contributed by atoms with E-state index in [1.165, 1.54) is 10.1 Å². The number of piperidine rings is 1. The smallest absolute Gasteiger partial charge is 0.338 e. The first-order valence-corrected chi connectivity index (χ1v) is 12.9. The number of likely N-dealkylation sites (tertiary alicyclic amines) is 1. The molecule has 1 aromatic carbocycles. The van der Waals surface area contributed by atoms with Crippen LogP contribution in [0, 0.1) is 0 Å². The van der Waals surface area contributed by atoms with Crippen LogP contribution < -0.4 is 22.5 Å². The van der Waals surface area contributed by atoms with Crippen LogP contribution in [0.5, 0.6) is 0 Å². The van der Waals surface area contributed by atoms with Gasteiger partial charge in [-0.15, -0.1) is 0 Å². The SMILES string of the molecule is CC(C)(N)C(=O)N1CCN(C(=O)Nc2ccn(-c3ccc(CCN4CCC[C@H](N)C4)cc3)c(=O)n2)CC1. The van der Waals surface area contributed by atoms with Gasteiger partial charge in [0.2, 0.25) is 5.91 Å². The molecule has 0 bridgehead atoms.